The lowest BCUT2D eigenvalue weighted by atomic mass is 10.1. The molecule has 0 atom stereocenters. The average molecular weight is 250 g/mol. The van der Waals surface area contributed by atoms with Crippen molar-refractivity contribution in [3.63, 3.8) is 0 Å². The summed E-state index contributed by atoms with van der Waals surface area (Å²) < 4.78 is 3.49. The Balaban J connectivity index is 2.12. The smallest absolute Gasteiger partial charge is 0.335 e. The van der Waals surface area contributed by atoms with E-state index in [0.717, 1.165) is 11.5 Å². The Morgan fingerprint density at radius 3 is 2.35 bits per heavy atom. The van der Waals surface area contributed by atoms with E-state index in [4.69, 9.17) is 5.11 Å². The molecule has 0 unspecified atom stereocenters. The summed E-state index contributed by atoms with van der Waals surface area (Å²) in [5, 5.41) is 18.4. The lowest BCUT2D eigenvalue weighted by Gasteiger charge is -2.00. The van der Waals surface area contributed by atoms with E-state index >= 15 is 0 Å². The van der Waals surface area contributed by atoms with Crippen molar-refractivity contribution in [3.8, 4) is 0 Å². The molecule has 2 aromatic rings. The summed E-state index contributed by atoms with van der Waals surface area (Å²) in [4.78, 5) is 22.3. The zero-order valence-corrected chi connectivity index (χ0v) is 9.14. The molecule has 1 aromatic carbocycles. The van der Waals surface area contributed by atoms with Gasteiger partial charge in [-0.3, -0.25) is 10.1 Å². The Kier molecular flexibility index (Phi) is 3.06. The summed E-state index contributed by atoms with van der Waals surface area (Å²) in [7, 11) is 0. The number of carboxylic acid groups (broad SMARTS) is 1. The molecule has 1 aromatic heterocycles. The minimum Gasteiger partial charge on any atom is -0.478 e. The molecule has 0 saturated heterocycles. The van der Waals surface area contributed by atoms with E-state index < -0.39 is 5.97 Å². The Hall–Kier alpha value is -2.35. The van der Waals surface area contributed by atoms with Crippen LogP contribution >= 0.6 is 11.5 Å². The summed E-state index contributed by atoms with van der Waals surface area (Å²) in [6.07, 6.45) is 0. The highest BCUT2D eigenvalue weighted by Gasteiger charge is 2.09. The first-order chi connectivity index (χ1) is 8.16. The molecule has 7 nitrogen and oxygen atoms in total. The van der Waals surface area contributed by atoms with Gasteiger partial charge in [-0.1, -0.05) is 9.59 Å². The fourth-order valence-corrected chi connectivity index (χ4v) is 1.48. The lowest BCUT2D eigenvalue weighted by molar-refractivity contribution is 0.0696. The second-order valence-electron chi connectivity index (χ2n) is 3.00. The van der Waals surface area contributed by atoms with Gasteiger partial charge in [-0.05, 0) is 29.5 Å². The summed E-state index contributed by atoms with van der Waals surface area (Å²) in [5.74, 6) is -1.43. The molecule has 17 heavy (non-hydrogen) atoms. The second kappa shape index (κ2) is 4.66. The predicted molar refractivity (Wildman–Crippen MR) is 59.1 cm³/mol. The fourth-order valence-electron chi connectivity index (χ4n) is 1.12. The minimum absolute atomic E-state index is 0.124. The number of carboxylic acids is 1. The number of hydrogen-bond donors (Lipinski definition) is 2. The average Bonchev–Trinajstić information content (AvgIpc) is 2.82. The Bertz CT molecular complexity index is 538. The largest absolute Gasteiger partial charge is 0.478 e. The normalized spacial score (nSPS) is 9.88. The maximum absolute atomic E-state index is 11.6. The summed E-state index contributed by atoms with van der Waals surface area (Å²) >= 11 is 0.956. The molecule has 0 fully saturated rings. The first-order valence-corrected chi connectivity index (χ1v) is 5.24. The van der Waals surface area contributed by atoms with Crippen LogP contribution in [0.4, 0.5) is 5.13 Å². The third-order valence-electron chi connectivity index (χ3n) is 1.91. The molecular weight excluding hydrogens is 244 g/mol. The zero-order valence-electron chi connectivity index (χ0n) is 8.32. The number of amides is 1. The van der Waals surface area contributed by atoms with Crippen LogP contribution in [0.15, 0.2) is 24.3 Å². The maximum atomic E-state index is 11.6. The van der Waals surface area contributed by atoms with Crippen LogP contribution in [0.25, 0.3) is 0 Å². The number of anilines is 1. The molecule has 0 aliphatic carbocycles. The highest BCUT2D eigenvalue weighted by Crippen LogP contribution is 2.09. The van der Waals surface area contributed by atoms with E-state index in [2.05, 4.69) is 20.1 Å². The third-order valence-corrected chi connectivity index (χ3v) is 2.43. The first kappa shape index (κ1) is 11.1. The van der Waals surface area contributed by atoms with Crippen molar-refractivity contribution in [2.24, 2.45) is 0 Å². The molecule has 0 radical (unpaired) electrons. The van der Waals surface area contributed by atoms with Gasteiger partial charge in [0.25, 0.3) is 5.91 Å². The lowest BCUT2D eigenvalue weighted by Crippen LogP contribution is -2.12. The molecule has 2 N–H and O–H groups in total. The SMILES string of the molecule is O=C(O)c1ccc(C(=O)Nc2nnns2)cc1. The maximum Gasteiger partial charge on any atom is 0.335 e. The highest BCUT2D eigenvalue weighted by molar-refractivity contribution is 7.09. The van der Waals surface area contributed by atoms with Crippen LogP contribution in [-0.4, -0.2) is 31.8 Å². The number of carbonyl (C=O) groups is 2. The van der Waals surface area contributed by atoms with Crippen molar-refractivity contribution in [2.75, 3.05) is 5.32 Å². The monoisotopic (exact) mass is 250 g/mol. The Morgan fingerprint density at radius 2 is 1.82 bits per heavy atom. The molecule has 0 bridgehead atoms. The number of nitrogens with one attached hydrogen (secondary N) is 1. The van der Waals surface area contributed by atoms with Gasteiger partial charge in [0.2, 0.25) is 5.13 Å². The molecule has 0 spiro atoms. The van der Waals surface area contributed by atoms with Gasteiger partial charge >= 0.3 is 5.97 Å². The van der Waals surface area contributed by atoms with Crippen molar-refractivity contribution in [1.29, 1.82) is 0 Å². The van der Waals surface area contributed by atoms with Gasteiger partial charge in [0.05, 0.1) is 5.56 Å². The van der Waals surface area contributed by atoms with Crippen molar-refractivity contribution >= 4 is 28.5 Å². The van der Waals surface area contributed by atoms with Gasteiger partial charge < -0.3 is 5.11 Å². The summed E-state index contributed by atoms with van der Waals surface area (Å²) in [6.45, 7) is 0. The van der Waals surface area contributed by atoms with Crippen LogP contribution in [0.5, 0.6) is 0 Å². The van der Waals surface area contributed by atoms with Crippen molar-refractivity contribution < 1.29 is 14.7 Å². The number of nitrogens with zero attached hydrogens (tertiary/aromatic N) is 3. The molecule has 8 heteroatoms. The molecule has 0 aliphatic rings. The molecule has 2 rings (SSSR count). The van der Waals surface area contributed by atoms with E-state index in [9.17, 15) is 9.59 Å². The van der Waals surface area contributed by atoms with Gasteiger partial charge in [0.1, 0.15) is 0 Å². The minimum atomic E-state index is -1.04. The number of aromatic carboxylic acids is 1. The standard InChI is InChI=1S/C9H6N4O3S/c14-7(10-9-11-12-13-17-9)5-1-3-6(4-2-5)8(15)16/h1-4H,(H,15,16)(H,10,11,13,14). The summed E-state index contributed by atoms with van der Waals surface area (Å²) in [5.41, 5.74) is 0.462. The Labute approximate surface area is 99.3 Å². The van der Waals surface area contributed by atoms with Gasteiger partial charge in [-0.15, -0.1) is 0 Å². The number of benzene rings is 1. The van der Waals surface area contributed by atoms with E-state index in [-0.39, 0.29) is 16.6 Å². The second-order valence-corrected chi connectivity index (χ2v) is 3.74. The topological polar surface area (TPSA) is 105 Å². The summed E-state index contributed by atoms with van der Waals surface area (Å²) in [6, 6.07) is 5.56. The zero-order chi connectivity index (χ0) is 12.3. The molecule has 1 heterocycles. The molecule has 1 amide bonds. The van der Waals surface area contributed by atoms with Crippen molar-refractivity contribution in [2.45, 2.75) is 0 Å². The van der Waals surface area contributed by atoms with Crippen LogP contribution in [0.3, 0.4) is 0 Å². The number of hydrogen-bond acceptors (Lipinski definition) is 6. The van der Waals surface area contributed by atoms with Gasteiger partial charge in [-0.25, -0.2) is 4.79 Å². The molecule has 0 aliphatic heterocycles. The molecular formula is C9H6N4O3S. The highest BCUT2D eigenvalue weighted by atomic mass is 32.1. The number of aromatic nitrogens is 3. The molecule has 0 saturated carbocycles. The number of rotatable bonds is 3. The first-order valence-electron chi connectivity index (χ1n) is 4.46. The fraction of sp³-hybridized carbons (Fsp3) is 0. The number of carbonyl (C=O) groups excluding carboxylic acids is 1. The van der Waals surface area contributed by atoms with Crippen LogP contribution in [0.2, 0.25) is 0 Å². The van der Waals surface area contributed by atoms with Crippen LogP contribution in [0, 0.1) is 0 Å². The van der Waals surface area contributed by atoms with Crippen LogP contribution < -0.4 is 5.32 Å². The van der Waals surface area contributed by atoms with Crippen molar-refractivity contribution in [3.05, 3.63) is 35.4 Å². The Morgan fingerprint density at radius 1 is 1.18 bits per heavy atom. The van der Waals surface area contributed by atoms with Crippen LogP contribution in [-0.2, 0) is 0 Å². The molecule has 86 valence electrons. The van der Waals surface area contributed by atoms with Gasteiger partial charge in [-0.2, -0.15) is 0 Å². The van der Waals surface area contributed by atoms with E-state index in [1.165, 1.54) is 24.3 Å². The van der Waals surface area contributed by atoms with Crippen molar-refractivity contribution in [1.82, 2.24) is 14.8 Å². The quantitative estimate of drug-likeness (QED) is 0.837. The van der Waals surface area contributed by atoms with Crippen LogP contribution in [0.1, 0.15) is 20.7 Å². The predicted octanol–water partition coefficient (Wildman–Crippen LogP) is 0.884. The van der Waals surface area contributed by atoms with E-state index in [1.54, 1.807) is 0 Å². The van der Waals surface area contributed by atoms with Gasteiger partial charge in [0.15, 0.2) is 0 Å². The third kappa shape index (κ3) is 2.61. The van der Waals surface area contributed by atoms with E-state index in [0.29, 0.717) is 5.56 Å². The van der Waals surface area contributed by atoms with E-state index in [1.807, 2.05) is 0 Å². The van der Waals surface area contributed by atoms with Gasteiger partial charge in [0, 0.05) is 17.1 Å².